The van der Waals surface area contributed by atoms with Gasteiger partial charge in [-0.2, -0.15) is 0 Å². The summed E-state index contributed by atoms with van der Waals surface area (Å²) in [6, 6.07) is 3.54. The fourth-order valence-corrected chi connectivity index (χ4v) is 2.67. The first kappa shape index (κ1) is 15.0. The van der Waals surface area contributed by atoms with Crippen LogP contribution in [0, 0.1) is 5.82 Å². The predicted molar refractivity (Wildman–Crippen MR) is 74.8 cm³/mol. The molecule has 0 saturated carbocycles. The lowest BCUT2D eigenvalue weighted by atomic mass is 10.1. The number of nitrogens with zero attached hydrogens (tertiary/aromatic N) is 1. The van der Waals surface area contributed by atoms with Crippen LogP contribution in [0.1, 0.15) is 30.1 Å². The van der Waals surface area contributed by atoms with E-state index in [4.69, 9.17) is 4.74 Å². The molecule has 1 fully saturated rings. The summed E-state index contributed by atoms with van der Waals surface area (Å²) in [6.07, 6.45) is 1.37. The predicted octanol–water partition coefficient (Wildman–Crippen LogP) is 2.76. The van der Waals surface area contributed by atoms with Crippen molar-refractivity contribution in [3.63, 3.8) is 0 Å². The van der Waals surface area contributed by atoms with Gasteiger partial charge >= 0.3 is 5.97 Å². The minimum atomic E-state index is -0.536. The lowest BCUT2D eigenvalue weighted by Crippen LogP contribution is -2.41. The molecule has 1 aliphatic heterocycles. The largest absolute Gasteiger partial charge is 0.464 e. The average molecular weight is 344 g/mol. The Labute approximate surface area is 125 Å². The number of rotatable bonds is 3. The fraction of sp³-hybridized carbons (Fsp3) is 0.429. The molecular formula is C14H15BrFNO3. The summed E-state index contributed by atoms with van der Waals surface area (Å²) in [6.45, 7) is 2.53. The molecule has 1 unspecified atom stereocenters. The maximum absolute atomic E-state index is 13.2. The zero-order chi connectivity index (χ0) is 14.7. The maximum atomic E-state index is 13.2. The van der Waals surface area contributed by atoms with Crippen LogP contribution in [0.5, 0.6) is 0 Å². The number of carbonyl (C=O) groups is 2. The molecule has 0 N–H and O–H groups in total. The smallest absolute Gasteiger partial charge is 0.328 e. The molecule has 6 heteroatoms. The Kier molecular flexibility index (Phi) is 4.75. The number of esters is 1. The number of carbonyl (C=O) groups excluding carboxylic acids is 2. The van der Waals surface area contributed by atoms with Crippen LogP contribution in [0.15, 0.2) is 22.7 Å². The van der Waals surface area contributed by atoms with Crippen LogP contribution in [0.25, 0.3) is 0 Å². The molecule has 0 spiro atoms. The van der Waals surface area contributed by atoms with Gasteiger partial charge in [-0.15, -0.1) is 0 Å². The summed E-state index contributed by atoms with van der Waals surface area (Å²) in [7, 11) is 0. The molecule has 1 aromatic carbocycles. The number of amides is 1. The lowest BCUT2D eigenvalue weighted by molar-refractivity contribution is -0.147. The van der Waals surface area contributed by atoms with Gasteiger partial charge in [-0.25, -0.2) is 9.18 Å². The Hall–Kier alpha value is -1.43. The van der Waals surface area contributed by atoms with Crippen molar-refractivity contribution in [2.24, 2.45) is 0 Å². The summed E-state index contributed by atoms with van der Waals surface area (Å²) in [5, 5.41) is 0. The van der Waals surface area contributed by atoms with Gasteiger partial charge in [-0.05, 0) is 53.9 Å². The van der Waals surface area contributed by atoms with Crippen molar-refractivity contribution in [1.29, 1.82) is 0 Å². The third kappa shape index (κ3) is 3.00. The molecule has 108 valence electrons. The molecule has 1 saturated heterocycles. The maximum Gasteiger partial charge on any atom is 0.328 e. The van der Waals surface area contributed by atoms with Gasteiger partial charge in [0.25, 0.3) is 5.91 Å². The molecule has 1 amide bonds. The van der Waals surface area contributed by atoms with Crippen molar-refractivity contribution in [2.45, 2.75) is 25.8 Å². The van der Waals surface area contributed by atoms with E-state index in [-0.39, 0.29) is 16.3 Å². The van der Waals surface area contributed by atoms with E-state index < -0.39 is 11.9 Å². The molecule has 0 aliphatic carbocycles. The van der Waals surface area contributed by atoms with Gasteiger partial charge < -0.3 is 9.64 Å². The summed E-state index contributed by atoms with van der Waals surface area (Å²) < 4.78 is 18.4. The van der Waals surface area contributed by atoms with Crippen LogP contribution < -0.4 is 0 Å². The summed E-state index contributed by atoms with van der Waals surface area (Å²) in [4.78, 5) is 25.7. The van der Waals surface area contributed by atoms with Gasteiger partial charge in [0.1, 0.15) is 11.9 Å². The summed E-state index contributed by atoms with van der Waals surface area (Å²) >= 11 is 3.05. The number of likely N-dealkylation sites (tertiary alicyclic amines) is 1. The Morgan fingerprint density at radius 3 is 2.90 bits per heavy atom. The Bertz CT molecular complexity index is 535. The van der Waals surface area contributed by atoms with Crippen molar-refractivity contribution in [2.75, 3.05) is 13.2 Å². The van der Waals surface area contributed by atoms with Crippen molar-refractivity contribution in [1.82, 2.24) is 4.90 Å². The highest BCUT2D eigenvalue weighted by molar-refractivity contribution is 9.10. The average Bonchev–Trinajstić information content (AvgIpc) is 2.90. The Balaban J connectivity index is 2.18. The first-order valence-corrected chi connectivity index (χ1v) is 7.26. The zero-order valence-electron chi connectivity index (χ0n) is 11.1. The summed E-state index contributed by atoms with van der Waals surface area (Å²) in [5.41, 5.74) is 0.356. The Morgan fingerprint density at radius 1 is 1.50 bits per heavy atom. The van der Waals surface area contributed by atoms with Gasteiger partial charge in [0.2, 0.25) is 0 Å². The quantitative estimate of drug-likeness (QED) is 0.793. The number of benzene rings is 1. The van der Waals surface area contributed by atoms with Gasteiger partial charge in [-0.3, -0.25) is 4.79 Å². The minimum Gasteiger partial charge on any atom is -0.464 e. The molecule has 0 radical (unpaired) electrons. The molecule has 0 bridgehead atoms. The molecule has 1 atom stereocenters. The van der Waals surface area contributed by atoms with E-state index >= 15 is 0 Å². The first-order valence-electron chi connectivity index (χ1n) is 6.47. The molecule has 1 aliphatic rings. The van der Waals surface area contributed by atoms with Crippen LogP contribution in [0.3, 0.4) is 0 Å². The second kappa shape index (κ2) is 6.35. The van der Waals surface area contributed by atoms with Gasteiger partial charge in [0, 0.05) is 12.1 Å². The van der Waals surface area contributed by atoms with Crippen molar-refractivity contribution in [3.8, 4) is 0 Å². The summed E-state index contributed by atoms with van der Waals surface area (Å²) in [5.74, 6) is -1.08. The van der Waals surface area contributed by atoms with Crippen LogP contribution >= 0.6 is 15.9 Å². The fourth-order valence-electron chi connectivity index (χ4n) is 2.29. The molecule has 1 aromatic rings. The van der Waals surface area contributed by atoms with E-state index in [2.05, 4.69) is 15.9 Å². The molecule has 0 aromatic heterocycles. The molecule has 2 rings (SSSR count). The van der Waals surface area contributed by atoms with Crippen molar-refractivity contribution in [3.05, 3.63) is 34.1 Å². The van der Waals surface area contributed by atoms with Gasteiger partial charge in [0.05, 0.1) is 11.1 Å². The highest BCUT2D eigenvalue weighted by Crippen LogP contribution is 2.23. The SMILES string of the molecule is CCOC(=O)C1CCCN1C(=O)c1ccc(F)c(Br)c1. The molecule has 20 heavy (non-hydrogen) atoms. The van der Waals surface area contributed by atoms with E-state index in [0.717, 1.165) is 6.42 Å². The van der Waals surface area contributed by atoms with E-state index in [1.807, 2.05) is 0 Å². The monoisotopic (exact) mass is 343 g/mol. The number of ether oxygens (including phenoxy) is 1. The lowest BCUT2D eigenvalue weighted by Gasteiger charge is -2.23. The topological polar surface area (TPSA) is 46.6 Å². The van der Waals surface area contributed by atoms with E-state index in [0.29, 0.717) is 25.1 Å². The zero-order valence-corrected chi connectivity index (χ0v) is 12.7. The first-order chi connectivity index (χ1) is 9.54. The third-order valence-electron chi connectivity index (χ3n) is 3.24. The van der Waals surface area contributed by atoms with Crippen LogP contribution in [0.2, 0.25) is 0 Å². The van der Waals surface area contributed by atoms with Crippen LogP contribution in [-0.4, -0.2) is 36.0 Å². The Morgan fingerprint density at radius 2 is 2.25 bits per heavy atom. The number of hydrogen-bond acceptors (Lipinski definition) is 3. The van der Waals surface area contributed by atoms with E-state index in [9.17, 15) is 14.0 Å². The van der Waals surface area contributed by atoms with E-state index in [1.54, 1.807) is 6.92 Å². The number of halogens is 2. The van der Waals surface area contributed by atoms with Gasteiger partial charge in [-0.1, -0.05) is 0 Å². The second-order valence-electron chi connectivity index (χ2n) is 4.54. The number of hydrogen-bond donors (Lipinski definition) is 0. The van der Waals surface area contributed by atoms with Crippen molar-refractivity contribution < 1.29 is 18.7 Å². The van der Waals surface area contributed by atoms with Gasteiger partial charge in [0.15, 0.2) is 0 Å². The highest BCUT2D eigenvalue weighted by Gasteiger charge is 2.35. The second-order valence-corrected chi connectivity index (χ2v) is 5.39. The minimum absolute atomic E-state index is 0.232. The molecular weight excluding hydrogens is 329 g/mol. The van der Waals surface area contributed by atoms with Crippen LogP contribution in [0.4, 0.5) is 4.39 Å². The van der Waals surface area contributed by atoms with Crippen LogP contribution in [-0.2, 0) is 9.53 Å². The molecule has 4 nitrogen and oxygen atoms in total. The van der Waals surface area contributed by atoms with E-state index in [1.165, 1.54) is 23.1 Å². The normalized spacial score (nSPS) is 18.1. The van der Waals surface area contributed by atoms with Crippen molar-refractivity contribution >= 4 is 27.8 Å². The highest BCUT2D eigenvalue weighted by atomic mass is 79.9. The third-order valence-corrected chi connectivity index (χ3v) is 3.85. The molecule has 1 heterocycles. The standard InChI is InChI=1S/C14H15BrFNO3/c1-2-20-14(19)12-4-3-7-17(12)13(18)9-5-6-11(16)10(15)8-9/h5-6,8,12H,2-4,7H2,1H3.